The zero-order valence-electron chi connectivity index (χ0n) is 17.7. The molecule has 2 aromatic heterocycles. The molecule has 1 aliphatic heterocycles. The number of amides is 1. The van der Waals surface area contributed by atoms with Crippen molar-refractivity contribution in [2.75, 3.05) is 17.9 Å². The molecule has 0 aliphatic carbocycles. The molecule has 1 aliphatic rings. The average molecular weight is 481 g/mol. The molecule has 5 rings (SSSR count). The Bertz CT molecular complexity index is 1380. The van der Waals surface area contributed by atoms with Crippen LogP contribution in [0.15, 0.2) is 58.5 Å². The number of hydrogen-bond acceptors (Lipinski definition) is 8. The first kappa shape index (κ1) is 21.5. The quantitative estimate of drug-likeness (QED) is 0.310. The van der Waals surface area contributed by atoms with Gasteiger partial charge in [0.1, 0.15) is 15.9 Å². The molecule has 2 aromatic carbocycles. The summed E-state index contributed by atoms with van der Waals surface area (Å²) in [6.07, 6.45) is 0.772. The monoisotopic (exact) mass is 480 g/mol. The molecule has 3 heterocycles. The van der Waals surface area contributed by atoms with Gasteiger partial charge < -0.3 is 14.8 Å². The Morgan fingerprint density at radius 3 is 2.82 bits per heavy atom. The number of rotatable bonds is 7. The highest BCUT2D eigenvalue weighted by Crippen LogP contribution is 2.34. The summed E-state index contributed by atoms with van der Waals surface area (Å²) >= 11 is 2.40. The van der Waals surface area contributed by atoms with Gasteiger partial charge in [0.05, 0.1) is 5.75 Å². The van der Waals surface area contributed by atoms with Crippen LogP contribution in [0, 0.1) is 0 Å². The summed E-state index contributed by atoms with van der Waals surface area (Å²) in [5, 5.41) is 3.36. The third-order valence-electron chi connectivity index (χ3n) is 5.03. The van der Waals surface area contributed by atoms with Gasteiger partial charge in [0.2, 0.25) is 12.7 Å². The Hall–Kier alpha value is -3.37. The zero-order valence-corrected chi connectivity index (χ0v) is 19.4. The number of fused-ring (bicyclic) bond motifs is 2. The molecular weight excluding hydrogens is 460 g/mol. The van der Waals surface area contributed by atoms with Gasteiger partial charge in [0, 0.05) is 23.9 Å². The normalized spacial score (nSPS) is 12.3. The van der Waals surface area contributed by atoms with E-state index in [4.69, 9.17) is 14.5 Å². The fourth-order valence-corrected chi connectivity index (χ4v) is 5.12. The third-order valence-corrected chi connectivity index (χ3v) is 6.83. The molecule has 0 spiro atoms. The Morgan fingerprint density at radius 2 is 2.00 bits per heavy atom. The van der Waals surface area contributed by atoms with Crippen molar-refractivity contribution in [3.05, 3.63) is 58.9 Å². The molecule has 1 amide bonds. The summed E-state index contributed by atoms with van der Waals surface area (Å²) in [7, 11) is 0. The third kappa shape index (κ3) is 4.31. The second kappa shape index (κ2) is 9.24. The van der Waals surface area contributed by atoms with Crippen LogP contribution in [0.4, 0.5) is 5.69 Å². The van der Waals surface area contributed by atoms with Crippen molar-refractivity contribution >= 4 is 45.1 Å². The van der Waals surface area contributed by atoms with Crippen LogP contribution in [0.3, 0.4) is 0 Å². The van der Waals surface area contributed by atoms with Crippen LogP contribution >= 0.6 is 23.3 Å². The highest BCUT2D eigenvalue weighted by molar-refractivity contribution is 7.99. The van der Waals surface area contributed by atoms with E-state index < -0.39 is 0 Å². The van der Waals surface area contributed by atoms with E-state index in [9.17, 15) is 9.59 Å². The number of carbonyl (C=O) groups is 1. The number of thioether (sulfide) groups is 1. The van der Waals surface area contributed by atoms with E-state index in [-0.39, 0.29) is 24.0 Å². The highest BCUT2D eigenvalue weighted by Gasteiger charge is 2.19. The molecule has 33 heavy (non-hydrogen) atoms. The molecule has 0 unspecified atom stereocenters. The maximum atomic E-state index is 13.2. The first-order valence-electron chi connectivity index (χ1n) is 10.4. The van der Waals surface area contributed by atoms with E-state index >= 15 is 0 Å². The second-order valence-electron chi connectivity index (χ2n) is 7.33. The molecule has 0 fully saturated rings. The van der Waals surface area contributed by atoms with E-state index in [1.54, 1.807) is 22.8 Å². The van der Waals surface area contributed by atoms with Crippen molar-refractivity contribution in [2.24, 2.45) is 0 Å². The van der Waals surface area contributed by atoms with Gasteiger partial charge in [-0.25, -0.2) is 4.98 Å². The number of nitrogens with zero attached hydrogens (tertiary/aromatic N) is 3. The number of ether oxygens (including phenoxy) is 2. The van der Waals surface area contributed by atoms with Crippen molar-refractivity contribution in [1.29, 1.82) is 0 Å². The van der Waals surface area contributed by atoms with Crippen LogP contribution in [0.2, 0.25) is 0 Å². The van der Waals surface area contributed by atoms with Gasteiger partial charge in [-0.15, -0.1) is 0 Å². The SMILES string of the molecule is CCCn1c(SCC(=O)Nc2ccc3c(c2)OCO3)nc2c(-c3ccccc3)nsc2c1=O. The molecule has 0 saturated heterocycles. The lowest BCUT2D eigenvalue weighted by Crippen LogP contribution is -2.23. The number of hydrogen-bond donors (Lipinski definition) is 1. The summed E-state index contributed by atoms with van der Waals surface area (Å²) in [6.45, 7) is 2.69. The Labute approximate surface area is 197 Å². The summed E-state index contributed by atoms with van der Waals surface area (Å²) in [4.78, 5) is 30.6. The van der Waals surface area contributed by atoms with Gasteiger partial charge in [-0.05, 0) is 30.1 Å². The number of carbonyl (C=O) groups excluding carboxylic acids is 1. The maximum absolute atomic E-state index is 13.2. The van der Waals surface area contributed by atoms with Crippen molar-refractivity contribution in [3.8, 4) is 22.8 Å². The van der Waals surface area contributed by atoms with Gasteiger partial charge in [0.25, 0.3) is 5.56 Å². The van der Waals surface area contributed by atoms with Crippen LogP contribution in [0.1, 0.15) is 13.3 Å². The van der Waals surface area contributed by atoms with Crippen LogP contribution < -0.4 is 20.3 Å². The van der Waals surface area contributed by atoms with E-state index in [0.717, 1.165) is 23.5 Å². The van der Waals surface area contributed by atoms with E-state index in [0.29, 0.717) is 44.8 Å². The Balaban J connectivity index is 1.41. The predicted molar refractivity (Wildman–Crippen MR) is 129 cm³/mol. The standard InChI is InChI=1S/C23H20N4O4S2/c1-2-10-27-22(29)21-20(19(26-33-21)14-6-4-3-5-7-14)25-23(27)32-12-18(28)24-15-8-9-16-17(11-15)31-13-30-16/h3-9,11H,2,10,12-13H2,1H3,(H,24,28). The minimum absolute atomic E-state index is 0.105. The number of benzene rings is 2. The highest BCUT2D eigenvalue weighted by atomic mass is 32.2. The minimum atomic E-state index is -0.206. The van der Waals surface area contributed by atoms with Crippen molar-refractivity contribution in [2.45, 2.75) is 25.0 Å². The van der Waals surface area contributed by atoms with Crippen LogP contribution in [-0.2, 0) is 11.3 Å². The van der Waals surface area contributed by atoms with E-state index in [1.165, 1.54) is 11.8 Å². The van der Waals surface area contributed by atoms with Gasteiger partial charge in [-0.1, -0.05) is 49.0 Å². The largest absolute Gasteiger partial charge is 0.454 e. The second-order valence-corrected chi connectivity index (χ2v) is 9.05. The lowest BCUT2D eigenvalue weighted by molar-refractivity contribution is -0.113. The Morgan fingerprint density at radius 1 is 1.18 bits per heavy atom. The van der Waals surface area contributed by atoms with Crippen LogP contribution in [0.25, 0.3) is 21.5 Å². The predicted octanol–water partition coefficient (Wildman–Crippen LogP) is 4.39. The molecule has 0 bridgehead atoms. The van der Waals surface area contributed by atoms with E-state index in [1.807, 2.05) is 37.3 Å². The number of anilines is 1. The van der Waals surface area contributed by atoms with E-state index in [2.05, 4.69) is 9.69 Å². The van der Waals surface area contributed by atoms with Crippen LogP contribution in [-0.4, -0.2) is 32.4 Å². The summed E-state index contributed by atoms with van der Waals surface area (Å²) in [5.41, 5.74) is 2.65. The summed E-state index contributed by atoms with van der Waals surface area (Å²) in [6, 6.07) is 14.9. The number of aromatic nitrogens is 3. The minimum Gasteiger partial charge on any atom is -0.454 e. The first-order valence-corrected chi connectivity index (χ1v) is 12.2. The fourth-order valence-electron chi connectivity index (χ4n) is 3.51. The summed E-state index contributed by atoms with van der Waals surface area (Å²) < 4.78 is 17.3. The van der Waals surface area contributed by atoms with Gasteiger partial charge >= 0.3 is 0 Å². The number of nitrogens with one attached hydrogen (secondary N) is 1. The van der Waals surface area contributed by atoms with Crippen molar-refractivity contribution in [3.63, 3.8) is 0 Å². The fraction of sp³-hybridized carbons (Fsp3) is 0.217. The molecule has 168 valence electrons. The lowest BCUT2D eigenvalue weighted by Gasteiger charge is -2.11. The smallest absolute Gasteiger partial charge is 0.273 e. The molecule has 0 atom stereocenters. The topological polar surface area (TPSA) is 95.3 Å². The molecule has 10 heteroatoms. The molecule has 8 nitrogen and oxygen atoms in total. The molecule has 0 saturated carbocycles. The van der Waals surface area contributed by atoms with Crippen LogP contribution in [0.5, 0.6) is 11.5 Å². The molecule has 1 N–H and O–H groups in total. The van der Waals surface area contributed by atoms with Gasteiger partial charge in [-0.3, -0.25) is 14.2 Å². The molecular formula is C23H20N4O4S2. The van der Waals surface area contributed by atoms with Crippen molar-refractivity contribution in [1.82, 2.24) is 13.9 Å². The lowest BCUT2D eigenvalue weighted by atomic mass is 10.1. The van der Waals surface area contributed by atoms with Crippen molar-refractivity contribution < 1.29 is 14.3 Å². The first-order chi connectivity index (χ1) is 16.1. The maximum Gasteiger partial charge on any atom is 0.273 e. The average Bonchev–Trinajstić information content (AvgIpc) is 3.47. The Kier molecular flexibility index (Phi) is 6.01. The zero-order chi connectivity index (χ0) is 22.8. The molecule has 0 radical (unpaired) electrons. The van der Waals surface area contributed by atoms with Gasteiger partial charge in [0.15, 0.2) is 16.7 Å². The summed E-state index contributed by atoms with van der Waals surface area (Å²) in [5.74, 6) is 1.15. The van der Waals surface area contributed by atoms with Gasteiger partial charge in [-0.2, -0.15) is 4.37 Å². The molecule has 4 aromatic rings.